The molecule has 2 fully saturated rings. The average molecular weight is 417 g/mol. The van der Waals surface area contributed by atoms with E-state index in [0.717, 1.165) is 64.5 Å². The monoisotopic (exact) mass is 416 g/mol. The van der Waals surface area contributed by atoms with E-state index in [1.807, 2.05) is 0 Å². The van der Waals surface area contributed by atoms with Gasteiger partial charge in [0.1, 0.15) is 50.5 Å². The lowest BCUT2D eigenvalue weighted by Crippen LogP contribution is -3.25. The summed E-state index contributed by atoms with van der Waals surface area (Å²) in [5, 5.41) is 39.5. The molecule has 2 unspecified atom stereocenters. The van der Waals surface area contributed by atoms with Crippen LogP contribution in [0.4, 0.5) is 0 Å². The van der Waals surface area contributed by atoms with Gasteiger partial charge in [0.25, 0.3) is 0 Å². The Bertz CT molecular complexity index is 323. The minimum atomic E-state index is -0.262. The third-order valence-corrected chi connectivity index (χ3v) is 6.14. The second-order valence-electron chi connectivity index (χ2n) is 7.68. The fourth-order valence-electron chi connectivity index (χ4n) is 4.77. The fourth-order valence-corrected chi connectivity index (χ4v) is 4.77. The highest BCUT2D eigenvalue weighted by Gasteiger charge is 2.35. The van der Waals surface area contributed by atoms with Crippen molar-refractivity contribution in [3.05, 3.63) is 0 Å². The molecule has 0 saturated heterocycles. The van der Waals surface area contributed by atoms with Crippen molar-refractivity contribution < 1.29 is 55.0 Å². The summed E-state index contributed by atoms with van der Waals surface area (Å²) in [6, 6.07) is 0.440. The van der Waals surface area contributed by atoms with Crippen molar-refractivity contribution in [3.63, 3.8) is 0 Å². The van der Waals surface area contributed by atoms with Crippen LogP contribution in [0.1, 0.15) is 51.4 Å². The summed E-state index contributed by atoms with van der Waals surface area (Å²) in [7, 11) is 0. The van der Waals surface area contributed by atoms with Gasteiger partial charge >= 0.3 is 0 Å². The first-order valence-corrected chi connectivity index (χ1v) is 9.94. The lowest BCUT2D eigenvalue weighted by Gasteiger charge is -2.37. The highest BCUT2D eigenvalue weighted by Crippen LogP contribution is 2.17. The van der Waals surface area contributed by atoms with Gasteiger partial charge in [-0.25, -0.2) is 0 Å². The Morgan fingerprint density at radius 3 is 1.23 bits per heavy atom. The van der Waals surface area contributed by atoms with Gasteiger partial charge < -0.3 is 55.0 Å². The van der Waals surface area contributed by atoms with Crippen molar-refractivity contribution in [2.45, 2.75) is 75.7 Å². The Hall–Kier alpha value is 0.340. The zero-order chi connectivity index (χ0) is 17.4. The minimum absolute atomic E-state index is 0. The van der Waals surface area contributed by atoms with Crippen LogP contribution >= 0.6 is 0 Å². The van der Waals surface area contributed by atoms with Gasteiger partial charge in [-0.1, -0.05) is 12.8 Å². The van der Waals surface area contributed by atoms with E-state index in [-0.39, 0.29) is 62.3 Å². The Morgan fingerprint density at radius 2 is 0.923 bits per heavy atom. The summed E-state index contributed by atoms with van der Waals surface area (Å²) in [5.74, 6) is 0. The maximum Gasteiger partial charge on any atom is 0.127 e. The molecule has 6 atom stereocenters. The van der Waals surface area contributed by atoms with Crippen LogP contribution in [0, 0.1) is 0 Å². The van der Waals surface area contributed by atoms with Crippen LogP contribution in [0.15, 0.2) is 0 Å². The summed E-state index contributed by atoms with van der Waals surface area (Å²) in [4.78, 5) is 2.57. The topological polar surface area (TPSA) is 89.8 Å². The molecule has 0 spiro atoms. The van der Waals surface area contributed by atoms with Gasteiger partial charge in [-0.3, -0.25) is 0 Å². The molecule has 0 amide bonds. The standard InChI is InChI=1S/C18H36N2O4.2ClH/c21-13-11-19(15-5-1-3-7-17(15)23)9-10-20(12-14-22)16-6-2-4-8-18(16)24;;/h15-18,21-24H,1-14H2;2*1H/t15-,16+,17-,18+;;. The van der Waals surface area contributed by atoms with Crippen LogP contribution < -0.4 is 34.6 Å². The Balaban J connectivity index is 0.00000312. The first-order chi connectivity index (χ1) is 11.7. The van der Waals surface area contributed by atoms with Crippen LogP contribution in [-0.2, 0) is 0 Å². The highest BCUT2D eigenvalue weighted by atomic mass is 35.5. The zero-order valence-corrected chi connectivity index (χ0v) is 17.3. The lowest BCUT2D eigenvalue weighted by molar-refractivity contribution is -0.985. The van der Waals surface area contributed by atoms with Gasteiger partial charge in [0.15, 0.2) is 0 Å². The van der Waals surface area contributed by atoms with E-state index >= 15 is 0 Å². The molecule has 0 aliphatic heterocycles. The van der Waals surface area contributed by atoms with E-state index in [1.54, 1.807) is 0 Å². The quantitative estimate of drug-likeness (QED) is 0.225. The number of aliphatic hydroxyl groups excluding tert-OH is 4. The predicted octanol–water partition coefficient (Wildman–Crippen LogP) is -8.64. The summed E-state index contributed by atoms with van der Waals surface area (Å²) >= 11 is 0. The first-order valence-electron chi connectivity index (χ1n) is 9.94. The minimum Gasteiger partial charge on any atom is -1.00 e. The summed E-state index contributed by atoms with van der Waals surface area (Å²) in [6.07, 6.45) is 7.78. The molecule has 2 saturated carbocycles. The maximum absolute atomic E-state index is 10.3. The van der Waals surface area contributed by atoms with Crippen LogP contribution in [-0.4, -0.2) is 84.1 Å². The number of rotatable bonds is 9. The molecule has 0 aromatic carbocycles. The zero-order valence-electron chi connectivity index (χ0n) is 15.8. The Kier molecular flexibility index (Phi) is 14.5. The van der Waals surface area contributed by atoms with Crippen molar-refractivity contribution in [3.8, 4) is 0 Å². The van der Waals surface area contributed by atoms with Crippen molar-refractivity contribution in [2.24, 2.45) is 0 Å². The molecular weight excluding hydrogens is 379 g/mol. The van der Waals surface area contributed by atoms with Crippen molar-refractivity contribution in [1.29, 1.82) is 0 Å². The predicted molar refractivity (Wildman–Crippen MR) is 92.1 cm³/mol. The average Bonchev–Trinajstić information content (AvgIpc) is 2.59. The van der Waals surface area contributed by atoms with Crippen molar-refractivity contribution >= 4 is 0 Å². The molecule has 0 aromatic rings. The third kappa shape index (κ3) is 7.76. The van der Waals surface area contributed by atoms with Crippen LogP contribution in [0.2, 0.25) is 0 Å². The molecule has 0 heterocycles. The highest BCUT2D eigenvalue weighted by molar-refractivity contribution is 4.75. The van der Waals surface area contributed by atoms with Crippen molar-refractivity contribution in [1.82, 2.24) is 0 Å². The summed E-state index contributed by atoms with van der Waals surface area (Å²) in [5.41, 5.74) is 0. The Labute approximate surface area is 170 Å². The smallest absolute Gasteiger partial charge is 0.127 e. The van der Waals surface area contributed by atoms with Crippen LogP contribution in [0.3, 0.4) is 0 Å². The molecule has 6 nitrogen and oxygen atoms in total. The lowest BCUT2D eigenvalue weighted by atomic mass is 9.90. The largest absolute Gasteiger partial charge is 1.00 e. The number of nitrogens with one attached hydrogen (secondary N) is 2. The number of aliphatic hydroxyl groups is 4. The van der Waals surface area contributed by atoms with Gasteiger partial charge in [-0.2, -0.15) is 0 Å². The molecule has 2 rings (SSSR count). The molecule has 0 bridgehead atoms. The SMILES string of the molecule is OCC[NH+](CC[NH+](CCO)[C@H]1CCCC[C@@H]1O)[C@@H]1CCCC[C@H]1O.[Cl-].[Cl-]. The third-order valence-electron chi connectivity index (χ3n) is 6.14. The van der Waals surface area contributed by atoms with Gasteiger partial charge in [-0.15, -0.1) is 0 Å². The molecule has 0 radical (unpaired) electrons. The molecule has 158 valence electrons. The fraction of sp³-hybridized carbons (Fsp3) is 1.00. The number of halogens is 2. The van der Waals surface area contributed by atoms with E-state index in [4.69, 9.17) is 0 Å². The molecule has 0 aromatic heterocycles. The molecule has 8 heteroatoms. The normalized spacial score (nSPS) is 31.4. The van der Waals surface area contributed by atoms with Gasteiger partial charge in [0, 0.05) is 12.8 Å². The van der Waals surface area contributed by atoms with Crippen LogP contribution in [0.5, 0.6) is 0 Å². The first kappa shape index (κ1) is 26.3. The second-order valence-corrected chi connectivity index (χ2v) is 7.68. The molecule has 26 heavy (non-hydrogen) atoms. The second kappa shape index (κ2) is 14.4. The Morgan fingerprint density at radius 1 is 0.577 bits per heavy atom. The summed E-state index contributed by atoms with van der Waals surface area (Å²) in [6.45, 7) is 3.37. The van der Waals surface area contributed by atoms with E-state index < -0.39 is 0 Å². The molecule has 2 aliphatic carbocycles. The van der Waals surface area contributed by atoms with Gasteiger partial charge in [0.05, 0.1) is 13.2 Å². The molecular formula is C18H38Cl2N2O4. The van der Waals surface area contributed by atoms with Crippen molar-refractivity contribution in [2.75, 3.05) is 39.4 Å². The van der Waals surface area contributed by atoms with Gasteiger partial charge in [0.2, 0.25) is 0 Å². The number of hydrogen-bond acceptors (Lipinski definition) is 4. The maximum atomic E-state index is 10.3. The molecule has 2 aliphatic rings. The van der Waals surface area contributed by atoms with Gasteiger partial charge in [-0.05, 0) is 25.7 Å². The number of hydrogen-bond donors (Lipinski definition) is 6. The van der Waals surface area contributed by atoms with E-state index in [0.29, 0.717) is 13.1 Å². The van der Waals surface area contributed by atoms with E-state index in [9.17, 15) is 20.4 Å². The molecule has 6 N–H and O–H groups in total. The van der Waals surface area contributed by atoms with E-state index in [2.05, 4.69) is 0 Å². The van der Waals surface area contributed by atoms with Crippen LogP contribution in [0.25, 0.3) is 0 Å². The van der Waals surface area contributed by atoms with E-state index in [1.165, 1.54) is 9.80 Å². The number of quaternary nitrogens is 2. The summed E-state index contributed by atoms with van der Waals surface area (Å²) < 4.78 is 0.